The fraction of sp³-hybridized carbons (Fsp3) is 0.125. The average molecular weight is 206 g/mol. The van der Waals surface area contributed by atoms with Crippen molar-refractivity contribution in [3.05, 3.63) is 65.2 Å². The smallest absolute Gasteiger partial charge is 0.00880 e. The van der Waals surface area contributed by atoms with E-state index in [1.807, 2.05) is 0 Å². The molecule has 0 N–H and O–H groups in total. The Morgan fingerprint density at radius 1 is 1.00 bits per heavy atom. The Hall–Kier alpha value is -1.82. The maximum atomic E-state index is 2.32. The number of benzene rings is 2. The van der Waals surface area contributed by atoms with E-state index in [-0.39, 0.29) is 0 Å². The molecule has 0 bridgehead atoms. The van der Waals surface area contributed by atoms with E-state index in [2.05, 4.69) is 61.5 Å². The Bertz CT molecular complexity index is 562. The summed E-state index contributed by atoms with van der Waals surface area (Å²) in [7, 11) is 0. The van der Waals surface area contributed by atoms with Crippen molar-refractivity contribution in [3.8, 4) is 11.1 Å². The second-order valence-electron chi connectivity index (χ2n) is 4.34. The molecule has 0 unspecified atom stereocenters. The van der Waals surface area contributed by atoms with Crippen LogP contribution in [-0.4, -0.2) is 0 Å². The lowest BCUT2D eigenvalue weighted by molar-refractivity contribution is 1.31. The molecule has 2 aromatic rings. The molecule has 0 atom stereocenters. The Morgan fingerprint density at radius 3 is 2.75 bits per heavy atom. The first-order chi connectivity index (χ1) is 7.84. The van der Waals surface area contributed by atoms with E-state index in [0.717, 1.165) is 6.42 Å². The SMILES string of the molecule is Cc1ccccc1-c1ccc2c(c1)CC=C2. The lowest BCUT2D eigenvalue weighted by Gasteiger charge is -2.07. The minimum absolute atomic E-state index is 1.08. The van der Waals surface area contributed by atoms with E-state index < -0.39 is 0 Å². The van der Waals surface area contributed by atoms with Gasteiger partial charge in [0.15, 0.2) is 0 Å². The van der Waals surface area contributed by atoms with E-state index in [1.54, 1.807) is 0 Å². The van der Waals surface area contributed by atoms with Crippen molar-refractivity contribution < 1.29 is 0 Å². The Balaban J connectivity index is 2.12. The van der Waals surface area contributed by atoms with E-state index >= 15 is 0 Å². The number of allylic oxidation sites excluding steroid dienone is 1. The van der Waals surface area contributed by atoms with E-state index in [4.69, 9.17) is 0 Å². The second-order valence-corrected chi connectivity index (χ2v) is 4.34. The van der Waals surface area contributed by atoms with Gasteiger partial charge in [-0.05, 0) is 41.2 Å². The Morgan fingerprint density at radius 2 is 1.88 bits per heavy atom. The zero-order chi connectivity index (χ0) is 11.0. The molecule has 0 saturated heterocycles. The van der Waals surface area contributed by atoms with Gasteiger partial charge in [-0.25, -0.2) is 0 Å². The average Bonchev–Trinajstić information content (AvgIpc) is 2.76. The van der Waals surface area contributed by atoms with Crippen LogP contribution in [0.1, 0.15) is 16.7 Å². The number of hydrogen-bond donors (Lipinski definition) is 0. The summed E-state index contributed by atoms with van der Waals surface area (Å²) in [5, 5.41) is 0. The summed E-state index contributed by atoms with van der Waals surface area (Å²) in [5.41, 5.74) is 6.84. The fourth-order valence-corrected chi connectivity index (χ4v) is 2.32. The van der Waals surface area contributed by atoms with Crippen LogP contribution in [0.5, 0.6) is 0 Å². The molecule has 1 aliphatic rings. The van der Waals surface area contributed by atoms with Crippen LogP contribution in [0.15, 0.2) is 48.5 Å². The minimum atomic E-state index is 1.08. The molecule has 3 rings (SSSR count). The van der Waals surface area contributed by atoms with Crippen LogP contribution >= 0.6 is 0 Å². The van der Waals surface area contributed by atoms with Crippen LogP contribution in [-0.2, 0) is 6.42 Å². The van der Waals surface area contributed by atoms with E-state index in [9.17, 15) is 0 Å². The molecular weight excluding hydrogens is 192 g/mol. The first-order valence-corrected chi connectivity index (χ1v) is 5.70. The quantitative estimate of drug-likeness (QED) is 0.655. The van der Waals surface area contributed by atoms with Gasteiger partial charge in [0.25, 0.3) is 0 Å². The first kappa shape index (κ1) is 9.41. The van der Waals surface area contributed by atoms with E-state index in [1.165, 1.54) is 27.8 Å². The number of rotatable bonds is 1. The molecular formula is C16H14. The van der Waals surface area contributed by atoms with Crippen molar-refractivity contribution in [1.82, 2.24) is 0 Å². The molecule has 0 heteroatoms. The second kappa shape index (κ2) is 3.64. The summed E-state index contributed by atoms with van der Waals surface area (Å²) >= 11 is 0. The highest BCUT2D eigenvalue weighted by molar-refractivity contribution is 5.72. The number of aryl methyl sites for hydroxylation is 1. The predicted molar refractivity (Wildman–Crippen MR) is 69.4 cm³/mol. The van der Waals surface area contributed by atoms with Crippen LogP contribution in [0.2, 0.25) is 0 Å². The highest BCUT2D eigenvalue weighted by atomic mass is 14.1. The summed E-state index contributed by atoms with van der Waals surface area (Å²) in [6.07, 6.45) is 5.51. The molecule has 0 heterocycles. The fourth-order valence-electron chi connectivity index (χ4n) is 2.32. The topological polar surface area (TPSA) is 0 Å². The monoisotopic (exact) mass is 206 g/mol. The maximum Gasteiger partial charge on any atom is -0.00880 e. The van der Waals surface area contributed by atoms with Gasteiger partial charge in [0, 0.05) is 0 Å². The van der Waals surface area contributed by atoms with Gasteiger partial charge >= 0.3 is 0 Å². The molecule has 0 radical (unpaired) electrons. The first-order valence-electron chi connectivity index (χ1n) is 5.70. The normalized spacial score (nSPS) is 12.8. The molecule has 2 aromatic carbocycles. The lowest BCUT2D eigenvalue weighted by atomic mass is 9.97. The molecule has 0 spiro atoms. The predicted octanol–water partition coefficient (Wildman–Crippen LogP) is 4.23. The van der Waals surface area contributed by atoms with E-state index in [0.29, 0.717) is 0 Å². The maximum absolute atomic E-state index is 2.32. The van der Waals surface area contributed by atoms with Gasteiger partial charge in [0.05, 0.1) is 0 Å². The van der Waals surface area contributed by atoms with Gasteiger partial charge in [0.1, 0.15) is 0 Å². The Kier molecular flexibility index (Phi) is 2.14. The molecule has 78 valence electrons. The van der Waals surface area contributed by atoms with Crippen molar-refractivity contribution >= 4 is 6.08 Å². The largest absolute Gasteiger partial charge is 0.0795 e. The molecule has 0 amide bonds. The zero-order valence-corrected chi connectivity index (χ0v) is 9.40. The van der Waals surface area contributed by atoms with Crippen LogP contribution in [0.4, 0.5) is 0 Å². The Labute approximate surface area is 96.3 Å². The number of hydrogen-bond acceptors (Lipinski definition) is 0. The van der Waals surface area contributed by atoms with Crippen molar-refractivity contribution in [3.63, 3.8) is 0 Å². The summed E-state index contributed by atoms with van der Waals surface area (Å²) in [5.74, 6) is 0. The highest BCUT2D eigenvalue weighted by Gasteiger charge is 2.07. The molecule has 0 fully saturated rings. The third-order valence-electron chi connectivity index (χ3n) is 3.23. The van der Waals surface area contributed by atoms with Gasteiger partial charge in [-0.3, -0.25) is 0 Å². The molecule has 1 aliphatic carbocycles. The van der Waals surface area contributed by atoms with Gasteiger partial charge in [-0.15, -0.1) is 0 Å². The van der Waals surface area contributed by atoms with Gasteiger partial charge in [-0.2, -0.15) is 0 Å². The van der Waals surface area contributed by atoms with Gasteiger partial charge in [-0.1, -0.05) is 54.6 Å². The molecule has 16 heavy (non-hydrogen) atoms. The van der Waals surface area contributed by atoms with Crippen LogP contribution in [0.3, 0.4) is 0 Å². The molecule has 0 saturated carbocycles. The minimum Gasteiger partial charge on any atom is -0.0795 e. The van der Waals surface area contributed by atoms with Gasteiger partial charge in [0.2, 0.25) is 0 Å². The molecule has 0 aromatic heterocycles. The van der Waals surface area contributed by atoms with Crippen molar-refractivity contribution in [1.29, 1.82) is 0 Å². The van der Waals surface area contributed by atoms with Gasteiger partial charge < -0.3 is 0 Å². The summed E-state index contributed by atoms with van der Waals surface area (Å²) < 4.78 is 0. The lowest BCUT2D eigenvalue weighted by Crippen LogP contribution is -1.86. The summed E-state index contributed by atoms with van der Waals surface area (Å²) in [4.78, 5) is 0. The van der Waals surface area contributed by atoms with Crippen LogP contribution in [0.25, 0.3) is 17.2 Å². The van der Waals surface area contributed by atoms with Crippen LogP contribution < -0.4 is 0 Å². The summed E-state index contributed by atoms with van der Waals surface area (Å²) in [6.45, 7) is 2.17. The molecule has 0 nitrogen and oxygen atoms in total. The van der Waals surface area contributed by atoms with Crippen LogP contribution in [0, 0.1) is 6.92 Å². The van der Waals surface area contributed by atoms with Crippen molar-refractivity contribution in [2.45, 2.75) is 13.3 Å². The zero-order valence-electron chi connectivity index (χ0n) is 9.40. The highest BCUT2D eigenvalue weighted by Crippen LogP contribution is 2.28. The van der Waals surface area contributed by atoms with Crippen molar-refractivity contribution in [2.24, 2.45) is 0 Å². The standard InChI is InChI=1S/C16H14/c1-12-5-2-3-8-16(12)15-10-9-13-6-4-7-14(13)11-15/h2-6,8-11H,7H2,1H3. The number of fused-ring (bicyclic) bond motifs is 1. The molecule has 0 aliphatic heterocycles. The third-order valence-corrected chi connectivity index (χ3v) is 3.23. The summed E-state index contributed by atoms with van der Waals surface area (Å²) in [6, 6.07) is 15.3. The third kappa shape index (κ3) is 1.47. The van der Waals surface area contributed by atoms with Crippen molar-refractivity contribution in [2.75, 3.05) is 0 Å².